The summed E-state index contributed by atoms with van der Waals surface area (Å²) in [7, 11) is 0. The minimum Gasteiger partial charge on any atom is -0.302 e. The van der Waals surface area contributed by atoms with Crippen LogP contribution in [-0.2, 0) is 4.79 Å². The van der Waals surface area contributed by atoms with Crippen LogP contribution in [0.4, 0.5) is 0 Å². The van der Waals surface area contributed by atoms with Gasteiger partial charge in [-0.1, -0.05) is 19.8 Å². The topological polar surface area (TPSA) is 20.3 Å². The zero-order valence-corrected chi connectivity index (χ0v) is 9.17. The number of hydrogen-bond acceptors (Lipinski definition) is 2. The van der Waals surface area contributed by atoms with E-state index in [9.17, 15) is 4.79 Å². The molecular formula is C12H21NO. The second kappa shape index (κ2) is 4.43. The SMILES string of the molecule is CCC1CN(CCC2CC2)CCC1=O. The molecule has 80 valence electrons. The molecule has 1 heterocycles. The van der Waals surface area contributed by atoms with Gasteiger partial charge in [0, 0.05) is 25.4 Å². The lowest BCUT2D eigenvalue weighted by Crippen LogP contribution is -2.41. The van der Waals surface area contributed by atoms with Crippen LogP contribution in [0, 0.1) is 11.8 Å². The summed E-state index contributed by atoms with van der Waals surface area (Å²) in [5, 5.41) is 0. The van der Waals surface area contributed by atoms with Crippen LogP contribution in [0.2, 0.25) is 0 Å². The van der Waals surface area contributed by atoms with E-state index in [1.54, 1.807) is 0 Å². The summed E-state index contributed by atoms with van der Waals surface area (Å²) in [6.45, 7) is 5.41. The zero-order chi connectivity index (χ0) is 9.97. The van der Waals surface area contributed by atoms with E-state index in [1.807, 2.05) is 0 Å². The van der Waals surface area contributed by atoms with Crippen LogP contribution in [0.3, 0.4) is 0 Å². The number of hydrogen-bond donors (Lipinski definition) is 0. The summed E-state index contributed by atoms with van der Waals surface area (Å²) in [6, 6.07) is 0. The minimum atomic E-state index is 0.336. The highest BCUT2D eigenvalue weighted by Crippen LogP contribution is 2.32. The quantitative estimate of drug-likeness (QED) is 0.684. The standard InChI is InChI=1S/C12H21NO/c1-2-11-9-13(8-6-12(11)14)7-5-10-3-4-10/h10-11H,2-9H2,1H3. The lowest BCUT2D eigenvalue weighted by molar-refractivity contribution is -0.126. The van der Waals surface area contributed by atoms with Gasteiger partial charge in [0.15, 0.2) is 0 Å². The molecule has 0 N–H and O–H groups in total. The summed E-state index contributed by atoms with van der Waals surface area (Å²) in [5.74, 6) is 1.85. The number of ketones is 1. The monoisotopic (exact) mass is 195 g/mol. The molecule has 0 amide bonds. The Morgan fingerprint density at radius 3 is 2.86 bits per heavy atom. The Morgan fingerprint density at radius 1 is 1.43 bits per heavy atom. The molecule has 1 saturated heterocycles. The van der Waals surface area contributed by atoms with E-state index in [0.717, 1.165) is 31.8 Å². The second-order valence-corrected chi connectivity index (χ2v) is 4.85. The van der Waals surface area contributed by atoms with Crippen LogP contribution in [0.15, 0.2) is 0 Å². The molecule has 1 unspecified atom stereocenters. The molecule has 2 heteroatoms. The fourth-order valence-electron chi connectivity index (χ4n) is 2.31. The van der Waals surface area contributed by atoms with Gasteiger partial charge in [-0.3, -0.25) is 4.79 Å². The van der Waals surface area contributed by atoms with E-state index in [4.69, 9.17) is 0 Å². The van der Waals surface area contributed by atoms with Crippen molar-refractivity contribution < 1.29 is 4.79 Å². The number of likely N-dealkylation sites (tertiary alicyclic amines) is 1. The van der Waals surface area contributed by atoms with Gasteiger partial charge >= 0.3 is 0 Å². The lowest BCUT2D eigenvalue weighted by Gasteiger charge is -2.31. The van der Waals surface area contributed by atoms with Gasteiger partial charge in [-0.15, -0.1) is 0 Å². The first kappa shape index (κ1) is 10.2. The fraction of sp³-hybridized carbons (Fsp3) is 0.917. The Balaban J connectivity index is 1.73. The van der Waals surface area contributed by atoms with Crippen molar-refractivity contribution in [1.82, 2.24) is 4.90 Å². The van der Waals surface area contributed by atoms with Crippen LogP contribution < -0.4 is 0 Å². The average molecular weight is 195 g/mol. The van der Waals surface area contributed by atoms with Crippen molar-refractivity contribution in [2.45, 2.75) is 39.0 Å². The first-order valence-electron chi connectivity index (χ1n) is 6.04. The molecule has 0 spiro atoms. The molecule has 0 aromatic carbocycles. The third-order valence-corrected chi connectivity index (χ3v) is 3.65. The van der Waals surface area contributed by atoms with Crippen molar-refractivity contribution in [2.75, 3.05) is 19.6 Å². The summed E-state index contributed by atoms with van der Waals surface area (Å²) < 4.78 is 0. The van der Waals surface area contributed by atoms with E-state index in [0.29, 0.717) is 11.7 Å². The van der Waals surface area contributed by atoms with Crippen molar-refractivity contribution in [3.8, 4) is 0 Å². The molecule has 0 aromatic heterocycles. The van der Waals surface area contributed by atoms with Gasteiger partial charge < -0.3 is 4.90 Å². The number of rotatable bonds is 4. The molecule has 0 radical (unpaired) electrons. The minimum absolute atomic E-state index is 0.336. The van der Waals surface area contributed by atoms with E-state index in [1.165, 1.54) is 25.8 Å². The summed E-state index contributed by atoms with van der Waals surface area (Å²) >= 11 is 0. The first-order valence-corrected chi connectivity index (χ1v) is 6.04. The Bertz CT molecular complexity index is 210. The molecule has 2 aliphatic rings. The van der Waals surface area contributed by atoms with Crippen molar-refractivity contribution >= 4 is 5.78 Å². The summed E-state index contributed by atoms with van der Waals surface area (Å²) in [4.78, 5) is 14.0. The van der Waals surface area contributed by atoms with Gasteiger partial charge in [0.2, 0.25) is 0 Å². The van der Waals surface area contributed by atoms with Crippen molar-refractivity contribution in [2.24, 2.45) is 11.8 Å². The fourth-order valence-corrected chi connectivity index (χ4v) is 2.31. The normalized spacial score (nSPS) is 29.5. The number of Topliss-reactive ketones (excluding diaryl/α,β-unsaturated/α-hetero) is 1. The molecular weight excluding hydrogens is 174 g/mol. The third kappa shape index (κ3) is 2.57. The van der Waals surface area contributed by atoms with Gasteiger partial charge in [0.1, 0.15) is 5.78 Å². The lowest BCUT2D eigenvalue weighted by atomic mass is 9.94. The van der Waals surface area contributed by atoms with E-state index in [2.05, 4.69) is 11.8 Å². The highest BCUT2D eigenvalue weighted by molar-refractivity contribution is 5.82. The predicted octanol–water partition coefficient (Wildman–Crippen LogP) is 2.09. The Kier molecular flexibility index (Phi) is 3.22. The molecule has 1 atom stereocenters. The van der Waals surface area contributed by atoms with E-state index in [-0.39, 0.29) is 0 Å². The Hall–Kier alpha value is -0.370. The van der Waals surface area contributed by atoms with Crippen molar-refractivity contribution in [3.63, 3.8) is 0 Å². The molecule has 0 bridgehead atoms. The van der Waals surface area contributed by atoms with Gasteiger partial charge in [-0.2, -0.15) is 0 Å². The molecule has 2 nitrogen and oxygen atoms in total. The first-order chi connectivity index (χ1) is 6.79. The Labute approximate surface area is 86.7 Å². The smallest absolute Gasteiger partial charge is 0.138 e. The van der Waals surface area contributed by atoms with Crippen LogP contribution >= 0.6 is 0 Å². The maximum absolute atomic E-state index is 11.5. The molecule has 2 fully saturated rings. The van der Waals surface area contributed by atoms with Crippen molar-refractivity contribution in [1.29, 1.82) is 0 Å². The highest BCUT2D eigenvalue weighted by atomic mass is 16.1. The molecule has 14 heavy (non-hydrogen) atoms. The van der Waals surface area contributed by atoms with Crippen molar-refractivity contribution in [3.05, 3.63) is 0 Å². The number of nitrogens with zero attached hydrogens (tertiary/aromatic N) is 1. The zero-order valence-electron chi connectivity index (χ0n) is 9.17. The summed E-state index contributed by atoms with van der Waals surface area (Å²) in [5.41, 5.74) is 0. The molecule has 0 aromatic rings. The molecule has 1 aliphatic carbocycles. The highest BCUT2D eigenvalue weighted by Gasteiger charge is 2.27. The predicted molar refractivity (Wildman–Crippen MR) is 57.2 cm³/mol. The molecule has 1 saturated carbocycles. The Morgan fingerprint density at radius 2 is 2.21 bits per heavy atom. The number of carbonyl (C=O) groups excluding carboxylic acids is 1. The maximum atomic E-state index is 11.5. The van der Waals surface area contributed by atoms with Gasteiger partial charge in [0.25, 0.3) is 0 Å². The van der Waals surface area contributed by atoms with Gasteiger partial charge in [0.05, 0.1) is 0 Å². The second-order valence-electron chi connectivity index (χ2n) is 4.85. The largest absolute Gasteiger partial charge is 0.302 e. The average Bonchev–Trinajstić information content (AvgIpc) is 3.00. The van der Waals surface area contributed by atoms with E-state index < -0.39 is 0 Å². The maximum Gasteiger partial charge on any atom is 0.138 e. The number of carbonyl (C=O) groups is 1. The number of piperidine rings is 1. The molecule has 2 rings (SSSR count). The van der Waals surface area contributed by atoms with Crippen LogP contribution in [0.1, 0.15) is 39.0 Å². The van der Waals surface area contributed by atoms with Crippen LogP contribution in [0.5, 0.6) is 0 Å². The molecule has 1 aliphatic heterocycles. The van der Waals surface area contributed by atoms with Crippen LogP contribution in [0.25, 0.3) is 0 Å². The van der Waals surface area contributed by atoms with Crippen LogP contribution in [-0.4, -0.2) is 30.3 Å². The summed E-state index contributed by atoms with van der Waals surface area (Å²) in [6.07, 6.45) is 6.08. The third-order valence-electron chi connectivity index (χ3n) is 3.65. The van der Waals surface area contributed by atoms with E-state index >= 15 is 0 Å². The van der Waals surface area contributed by atoms with Gasteiger partial charge in [-0.05, 0) is 25.3 Å². The van der Waals surface area contributed by atoms with Gasteiger partial charge in [-0.25, -0.2) is 0 Å².